The lowest BCUT2D eigenvalue weighted by atomic mass is 10.2. The van der Waals surface area contributed by atoms with Crippen LogP contribution < -0.4 is 5.73 Å². The predicted molar refractivity (Wildman–Crippen MR) is 82.9 cm³/mol. The summed E-state index contributed by atoms with van der Waals surface area (Å²) >= 11 is 2.24. The number of nitrogen functional groups attached to an aromatic ring is 1. The molecule has 0 bridgehead atoms. The number of hydrogen-bond acceptors (Lipinski definition) is 3. The van der Waals surface area contributed by atoms with Crippen LogP contribution in [0, 0.1) is 14.9 Å². The van der Waals surface area contributed by atoms with Crippen molar-refractivity contribution in [3.8, 4) is 11.8 Å². The van der Waals surface area contributed by atoms with Gasteiger partial charge in [0.15, 0.2) is 0 Å². The van der Waals surface area contributed by atoms with Crippen LogP contribution in [0.3, 0.4) is 0 Å². The zero-order valence-electron chi connectivity index (χ0n) is 9.84. The van der Waals surface area contributed by atoms with E-state index in [-0.39, 0.29) is 0 Å². The number of nitrogens with two attached hydrogens (primary N) is 1. The maximum Gasteiger partial charge on any atom is 0.205 e. The summed E-state index contributed by atoms with van der Waals surface area (Å²) in [6.07, 6.45) is 0. The second kappa shape index (κ2) is 4.55. The molecule has 19 heavy (non-hydrogen) atoms. The molecule has 0 unspecified atom stereocenters. The summed E-state index contributed by atoms with van der Waals surface area (Å²) < 4.78 is 2.91. The van der Waals surface area contributed by atoms with Gasteiger partial charge >= 0.3 is 0 Å². The van der Waals surface area contributed by atoms with Crippen molar-refractivity contribution < 1.29 is 0 Å². The fraction of sp³-hybridized carbons (Fsp3) is 0. The van der Waals surface area contributed by atoms with Crippen molar-refractivity contribution >= 4 is 39.6 Å². The van der Waals surface area contributed by atoms with Crippen molar-refractivity contribution in [1.82, 2.24) is 9.55 Å². The van der Waals surface area contributed by atoms with Crippen LogP contribution in [-0.4, -0.2) is 9.55 Å². The van der Waals surface area contributed by atoms with Crippen LogP contribution in [0.5, 0.6) is 0 Å². The first kappa shape index (κ1) is 12.0. The summed E-state index contributed by atoms with van der Waals surface area (Å²) in [7, 11) is 0. The van der Waals surface area contributed by atoms with E-state index in [9.17, 15) is 5.26 Å². The second-order valence-corrected chi connectivity index (χ2v) is 5.31. The quantitative estimate of drug-likeness (QED) is 0.679. The van der Waals surface area contributed by atoms with Crippen LogP contribution >= 0.6 is 22.6 Å². The highest BCUT2D eigenvalue weighted by Crippen LogP contribution is 2.26. The number of halogens is 1. The number of rotatable bonds is 1. The van der Waals surface area contributed by atoms with Crippen LogP contribution in [0.25, 0.3) is 16.7 Å². The molecule has 5 heteroatoms. The Bertz CT molecular complexity index is 814. The zero-order chi connectivity index (χ0) is 13.4. The molecule has 2 aromatic carbocycles. The number of fused-ring (bicyclic) bond motifs is 1. The third-order valence-electron chi connectivity index (χ3n) is 2.91. The summed E-state index contributed by atoms with van der Waals surface area (Å²) in [5, 5.41) is 9.20. The largest absolute Gasteiger partial charge is 0.369 e. The minimum Gasteiger partial charge on any atom is -0.369 e. The highest BCUT2D eigenvalue weighted by molar-refractivity contribution is 14.1. The van der Waals surface area contributed by atoms with Crippen molar-refractivity contribution in [1.29, 1.82) is 5.26 Å². The second-order valence-electron chi connectivity index (χ2n) is 4.07. The SMILES string of the molecule is N#Cc1ccccc1-n1c(N)nc2cc(I)ccc21. The lowest BCUT2D eigenvalue weighted by molar-refractivity contribution is 1.10. The van der Waals surface area contributed by atoms with E-state index in [2.05, 4.69) is 33.6 Å². The maximum atomic E-state index is 9.20. The molecule has 0 saturated carbocycles. The molecule has 0 radical (unpaired) electrons. The molecule has 0 fully saturated rings. The smallest absolute Gasteiger partial charge is 0.205 e. The Kier molecular flexibility index (Phi) is 2.87. The van der Waals surface area contributed by atoms with Gasteiger partial charge < -0.3 is 5.73 Å². The average molecular weight is 360 g/mol. The fourth-order valence-corrected chi connectivity index (χ4v) is 2.56. The van der Waals surface area contributed by atoms with Crippen LogP contribution in [-0.2, 0) is 0 Å². The topological polar surface area (TPSA) is 67.6 Å². The van der Waals surface area contributed by atoms with Crippen LogP contribution in [0.4, 0.5) is 5.95 Å². The number of para-hydroxylation sites is 1. The molecule has 4 nitrogen and oxygen atoms in total. The zero-order valence-corrected chi connectivity index (χ0v) is 12.0. The highest BCUT2D eigenvalue weighted by Gasteiger charge is 2.12. The normalized spacial score (nSPS) is 10.5. The van der Waals surface area contributed by atoms with E-state index in [0.29, 0.717) is 11.5 Å². The third kappa shape index (κ3) is 1.94. The van der Waals surface area contributed by atoms with Crippen molar-refractivity contribution in [2.75, 3.05) is 5.73 Å². The van der Waals surface area contributed by atoms with Gasteiger partial charge in [-0.05, 0) is 52.9 Å². The molecular formula is C14H9IN4. The van der Waals surface area contributed by atoms with Gasteiger partial charge in [0.1, 0.15) is 6.07 Å². The summed E-state index contributed by atoms with van der Waals surface area (Å²) in [6.45, 7) is 0. The Labute approximate surface area is 123 Å². The molecule has 0 atom stereocenters. The monoisotopic (exact) mass is 360 g/mol. The Balaban J connectivity index is 2.37. The first-order chi connectivity index (χ1) is 9.20. The molecule has 2 N–H and O–H groups in total. The summed E-state index contributed by atoms with van der Waals surface area (Å²) in [5.74, 6) is 0.389. The van der Waals surface area contributed by atoms with E-state index in [1.807, 2.05) is 41.0 Å². The Hall–Kier alpha value is -2.07. The van der Waals surface area contributed by atoms with Gasteiger partial charge in [-0.3, -0.25) is 4.57 Å². The molecule has 0 aliphatic carbocycles. The van der Waals surface area contributed by atoms with Crippen LogP contribution in [0.15, 0.2) is 42.5 Å². The third-order valence-corrected chi connectivity index (χ3v) is 3.58. The maximum absolute atomic E-state index is 9.20. The van der Waals surface area contributed by atoms with Gasteiger partial charge in [-0.1, -0.05) is 12.1 Å². The molecule has 0 spiro atoms. The lowest BCUT2D eigenvalue weighted by Gasteiger charge is -2.08. The molecule has 0 aliphatic heterocycles. The Morgan fingerprint density at radius 3 is 2.79 bits per heavy atom. The fourth-order valence-electron chi connectivity index (χ4n) is 2.09. The molecule has 3 aromatic rings. The minimum atomic E-state index is 0.389. The predicted octanol–water partition coefficient (Wildman–Crippen LogP) is 3.08. The van der Waals surface area contributed by atoms with Crippen LogP contribution in [0.2, 0.25) is 0 Å². The molecule has 0 saturated heterocycles. The number of anilines is 1. The number of hydrogen-bond donors (Lipinski definition) is 1. The van der Waals surface area contributed by atoms with E-state index in [1.165, 1.54) is 0 Å². The first-order valence-corrected chi connectivity index (χ1v) is 6.71. The number of nitrogens with zero attached hydrogens (tertiary/aromatic N) is 3. The minimum absolute atomic E-state index is 0.389. The number of benzene rings is 2. The van der Waals surface area contributed by atoms with Crippen molar-refractivity contribution in [2.24, 2.45) is 0 Å². The van der Waals surface area contributed by atoms with Crippen LogP contribution in [0.1, 0.15) is 5.56 Å². The summed E-state index contributed by atoms with van der Waals surface area (Å²) in [6, 6.07) is 15.5. The molecule has 0 aliphatic rings. The molecular weight excluding hydrogens is 351 g/mol. The van der Waals surface area contributed by atoms with E-state index in [0.717, 1.165) is 20.3 Å². The van der Waals surface area contributed by atoms with E-state index in [1.54, 1.807) is 6.07 Å². The number of aromatic nitrogens is 2. The Morgan fingerprint density at radius 2 is 2.00 bits per heavy atom. The molecule has 1 aromatic heterocycles. The van der Waals surface area contributed by atoms with Crippen molar-refractivity contribution in [2.45, 2.75) is 0 Å². The lowest BCUT2D eigenvalue weighted by Crippen LogP contribution is -2.02. The van der Waals surface area contributed by atoms with E-state index >= 15 is 0 Å². The highest BCUT2D eigenvalue weighted by atomic mass is 127. The van der Waals surface area contributed by atoms with Gasteiger partial charge in [0.25, 0.3) is 0 Å². The van der Waals surface area contributed by atoms with E-state index < -0.39 is 0 Å². The molecule has 3 rings (SSSR count). The van der Waals surface area contributed by atoms with Gasteiger partial charge in [0.2, 0.25) is 5.95 Å². The number of nitriles is 1. The van der Waals surface area contributed by atoms with Crippen molar-refractivity contribution in [3.05, 3.63) is 51.6 Å². The first-order valence-electron chi connectivity index (χ1n) is 5.63. The van der Waals surface area contributed by atoms with Gasteiger partial charge in [0.05, 0.1) is 22.3 Å². The summed E-state index contributed by atoms with van der Waals surface area (Å²) in [4.78, 5) is 4.35. The molecule has 92 valence electrons. The molecule has 1 heterocycles. The van der Waals surface area contributed by atoms with Gasteiger partial charge in [0, 0.05) is 3.57 Å². The van der Waals surface area contributed by atoms with E-state index in [4.69, 9.17) is 5.73 Å². The molecule has 0 amide bonds. The van der Waals surface area contributed by atoms with Crippen molar-refractivity contribution in [3.63, 3.8) is 0 Å². The standard InChI is InChI=1S/C14H9IN4/c15-10-5-6-13-11(7-10)18-14(17)19(13)12-4-2-1-3-9(12)8-16/h1-7H,(H2,17,18). The average Bonchev–Trinajstić information content (AvgIpc) is 2.73. The number of imidazole rings is 1. The van der Waals surface area contributed by atoms with Gasteiger partial charge in [-0.15, -0.1) is 0 Å². The Morgan fingerprint density at radius 1 is 1.21 bits per heavy atom. The summed E-state index contributed by atoms with van der Waals surface area (Å²) in [5.41, 5.74) is 9.06. The van der Waals surface area contributed by atoms with Gasteiger partial charge in [-0.25, -0.2) is 4.98 Å². The van der Waals surface area contributed by atoms with Gasteiger partial charge in [-0.2, -0.15) is 5.26 Å².